The van der Waals surface area contributed by atoms with E-state index < -0.39 is 26.0 Å². The number of hydrogen-bond donors (Lipinski definition) is 2. The van der Waals surface area contributed by atoms with Gasteiger partial charge in [0.15, 0.2) is 5.66 Å². The number of benzene rings is 2. The van der Waals surface area contributed by atoms with Crippen molar-refractivity contribution in [3.63, 3.8) is 0 Å². The summed E-state index contributed by atoms with van der Waals surface area (Å²) in [7, 11) is -0.711. The number of para-hydroxylation sites is 1. The Morgan fingerprint density at radius 2 is 1.74 bits per heavy atom. The van der Waals surface area contributed by atoms with Crippen LogP contribution in [0.4, 0.5) is 0 Å². The first-order chi connectivity index (χ1) is 11.1. The standard InChI is InChI=1S/C17H17O4PS/c18-14-8-4-5-9-16(14)23-11-15(22-21)13(17(19)20)10-12-6-2-1-3-7-12/h1-9,13,15,18H,10-11H2,(H,19,20)/p+1. The summed E-state index contributed by atoms with van der Waals surface area (Å²) in [6.07, 6.45) is 0.345. The number of aromatic hydroxyl groups is 1. The SMILES string of the molecule is O=[PH+]C(CSc1ccccc1O)C(Cc1ccccc1)C(=O)O. The number of aliphatic carboxylic acids is 1. The van der Waals surface area contributed by atoms with Crippen LogP contribution in [0, 0.1) is 5.92 Å². The predicted octanol–water partition coefficient (Wildman–Crippen LogP) is 3.82. The average molecular weight is 349 g/mol. The summed E-state index contributed by atoms with van der Waals surface area (Å²) < 4.78 is 11.6. The lowest BCUT2D eigenvalue weighted by Gasteiger charge is -2.14. The highest BCUT2D eigenvalue weighted by Crippen LogP contribution is 2.33. The maximum Gasteiger partial charge on any atom is 0.329 e. The molecule has 3 unspecified atom stereocenters. The zero-order valence-electron chi connectivity index (χ0n) is 12.4. The Labute approximate surface area is 140 Å². The van der Waals surface area contributed by atoms with Gasteiger partial charge in [-0.25, -0.2) is 0 Å². The molecule has 0 aliphatic carbocycles. The molecule has 0 saturated carbocycles. The van der Waals surface area contributed by atoms with Gasteiger partial charge in [0.1, 0.15) is 11.7 Å². The molecule has 0 saturated heterocycles. The van der Waals surface area contributed by atoms with Gasteiger partial charge in [0.2, 0.25) is 0 Å². The maximum atomic E-state index is 11.6. The van der Waals surface area contributed by atoms with Crippen molar-refractivity contribution in [3.8, 4) is 5.75 Å². The third-order valence-electron chi connectivity index (χ3n) is 3.54. The number of hydrogen-bond acceptors (Lipinski definition) is 4. The molecular weight excluding hydrogens is 331 g/mol. The molecule has 0 bridgehead atoms. The summed E-state index contributed by atoms with van der Waals surface area (Å²) in [6.45, 7) is 0. The molecule has 0 aliphatic rings. The van der Waals surface area contributed by atoms with Crippen molar-refractivity contribution >= 4 is 26.2 Å². The summed E-state index contributed by atoms with van der Waals surface area (Å²) >= 11 is 1.33. The first kappa shape index (κ1) is 17.5. The predicted molar refractivity (Wildman–Crippen MR) is 92.9 cm³/mol. The summed E-state index contributed by atoms with van der Waals surface area (Å²) in [5.74, 6) is -1.13. The summed E-state index contributed by atoms with van der Waals surface area (Å²) in [5.41, 5.74) is 0.438. The van der Waals surface area contributed by atoms with Gasteiger partial charge in [0.25, 0.3) is 0 Å². The van der Waals surface area contributed by atoms with Crippen LogP contribution in [-0.2, 0) is 15.8 Å². The minimum Gasteiger partial charge on any atom is -0.507 e. The monoisotopic (exact) mass is 349 g/mol. The molecule has 0 heterocycles. The second-order valence-electron chi connectivity index (χ2n) is 5.14. The Morgan fingerprint density at radius 3 is 2.35 bits per heavy atom. The van der Waals surface area contributed by atoms with Crippen LogP contribution in [0.25, 0.3) is 0 Å². The van der Waals surface area contributed by atoms with Crippen molar-refractivity contribution in [2.45, 2.75) is 17.0 Å². The van der Waals surface area contributed by atoms with Crippen LogP contribution in [0.3, 0.4) is 0 Å². The molecule has 2 N–H and O–H groups in total. The molecule has 23 heavy (non-hydrogen) atoms. The summed E-state index contributed by atoms with van der Waals surface area (Å²) in [6, 6.07) is 16.2. The first-order valence-corrected chi connectivity index (χ1v) is 9.14. The number of rotatable bonds is 8. The lowest BCUT2D eigenvalue weighted by molar-refractivity contribution is -0.141. The molecule has 0 fully saturated rings. The van der Waals surface area contributed by atoms with E-state index in [-0.39, 0.29) is 5.75 Å². The molecule has 4 nitrogen and oxygen atoms in total. The van der Waals surface area contributed by atoms with Crippen molar-refractivity contribution in [1.29, 1.82) is 0 Å². The van der Waals surface area contributed by atoms with Crippen molar-refractivity contribution < 1.29 is 19.6 Å². The quantitative estimate of drug-likeness (QED) is 0.560. The topological polar surface area (TPSA) is 74.6 Å². The van der Waals surface area contributed by atoms with Crippen LogP contribution >= 0.6 is 20.2 Å². The van der Waals surface area contributed by atoms with E-state index in [4.69, 9.17) is 0 Å². The van der Waals surface area contributed by atoms with E-state index in [0.717, 1.165) is 5.56 Å². The smallest absolute Gasteiger partial charge is 0.329 e. The van der Waals surface area contributed by atoms with Crippen molar-refractivity contribution in [3.05, 3.63) is 60.2 Å². The molecule has 2 aromatic carbocycles. The van der Waals surface area contributed by atoms with Crippen LogP contribution in [0.5, 0.6) is 5.75 Å². The van der Waals surface area contributed by atoms with E-state index in [1.807, 2.05) is 30.3 Å². The number of phenolic OH excluding ortho intramolecular Hbond substituents is 1. The van der Waals surface area contributed by atoms with E-state index in [1.165, 1.54) is 11.8 Å². The highest BCUT2D eigenvalue weighted by Gasteiger charge is 2.34. The Balaban J connectivity index is 2.08. The van der Waals surface area contributed by atoms with Gasteiger partial charge in [-0.15, -0.1) is 11.8 Å². The molecule has 0 aromatic heterocycles. The van der Waals surface area contributed by atoms with Crippen molar-refractivity contribution in [2.24, 2.45) is 5.92 Å². The molecule has 120 valence electrons. The Bertz CT molecular complexity index is 663. The lowest BCUT2D eigenvalue weighted by atomic mass is 9.96. The summed E-state index contributed by atoms with van der Waals surface area (Å²) in [4.78, 5) is 12.3. The zero-order valence-corrected chi connectivity index (χ0v) is 14.2. The largest absolute Gasteiger partial charge is 0.507 e. The number of carboxylic acid groups (broad SMARTS) is 1. The number of thioether (sulfide) groups is 1. The third kappa shape index (κ3) is 5.08. The van der Waals surface area contributed by atoms with Gasteiger partial charge in [0, 0.05) is 10.6 Å². The minimum atomic E-state index is -0.944. The van der Waals surface area contributed by atoms with Gasteiger partial charge in [-0.3, -0.25) is 4.79 Å². The second-order valence-corrected chi connectivity index (χ2v) is 7.18. The molecule has 3 atom stereocenters. The highest BCUT2D eigenvalue weighted by molar-refractivity contribution is 7.99. The van der Waals surface area contributed by atoms with Gasteiger partial charge in [0.05, 0.1) is 0 Å². The van der Waals surface area contributed by atoms with E-state index >= 15 is 0 Å². The Kier molecular flexibility index (Phi) is 6.63. The van der Waals surface area contributed by atoms with Crippen LogP contribution in [-0.4, -0.2) is 27.6 Å². The third-order valence-corrected chi connectivity index (χ3v) is 5.92. The van der Waals surface area contributed by atoms with Gasteiger partial charge >= 0.3 is 14.4 Å². The minimum absolute atomic E-state index is 0.153. The maximum absolute atomic E-state index is 11.6. The van der Waals surface area contributed by atoms with Gasteiger partial charge in [-0.05, 0) is 24.1 Å². The van der Waals surface area contributed by atoms with Gasteiger partial charge in [-0.1, -0.05) is 47.0 Å². The molecule has 0 amide bonds. The van der Waals surface area contributed by atoms with Crippen molar-refractivity contribution in [1.82, 2.24) is 0 Å². The van der Waals surface area contributed by atoms with Crippen LogP contribution in [0.15, 0.2) is 59.5 Å². The van der Waals surface area contributed by atoms with Gasteiger partial charge in [-0.2, -0.15) is 0 Å². The zero-order chi connectivity index (χ0) is 16.7. The average Bonchev–Trinajstić information content (AvgIpc) is 2.56. The van der Waals surface area contributed by atoms with E-state index in [0.29, 0.717) is 17.1 Å². The summed E-state index contributed by atoms with van der Waals surface area (Å²) in [5, 5.41) is 19.3. The van der Waals surface area contributed by atoms with Crippen LogP contribution in [0.1, 0.15) is 5.56 Å². The second kappa shape index (κ2) is 8.70. The molecule has 2 aromatic rings. The number of carbonyl (C=O) groups is 1. The fraction of sp³-hybridized carbons (Fsp3) is 0.235. The first-order valence-electron chi connectivity index (χ1n) is 7.17. The van der Waals surface area contributed by atoms with Gasteiger partial charge < -0.3 is 10.2 Å². The molecule has 2 rings (SSSR count). The number of carboxylic acids is 1. The van der Waals surface area contributed by atoms with E-state index in [2.05, 4.69) is 0 Å². The molecule has 0 aliphatic heterocycles. The molecule has 0 spiro atoms. The van der Waals surface area contributed by atoms with Crippen LogP contribution < -0.4 is 0 Å². The Hall–Kier alpha value is -1.84. The molecular formula is C17H18O4PS+. The fourth-order valence-electron chi connectivity index (χ4n) is 2.26. The normalized spacial score (nSPS) is 13.6. The molecule has 6 heteroatoms. The lowest BCUT2D eigenvalue weighted by Crippen LogP contribution is -2.28. The number of phenols is 1. The van der Waals surface area contributed by atoms with Crippen molar-refractivity contribution in [2.75, 3.05) is 5.75 Å². The highest BCUT2D eigenvalue weighted by atomic mass is 32.2. The fourth-order valence-corrected chi connectivity index (χ4v) is 4.19. The van der Waals surface area contributed by atoms with E-state index in [9.17, 15) is 19.6 Å². The van der Waals surface area contributed by atoms with E-state index in [1.54, 1.807) is 24.3 Å². The van der Waals surface area contributed by atoms with Crippen LogP contribution in [0.2, 0.25) is 0 Å². The Morgan fingerprint density at radius 1 is 1.09 bits per heavy atom. The molecule has 0 radical (unpaired) electrons.